The van der Waals surface area contributed by atoms with E-state index >= 15 is 0 Å². The highest BCUT2D eigenvalue weighted by Gasteiger charge is 2.01. The third kappa shape index (κ3) is 1.84. The Morgan fingerprint density at radius 3 is 2.38 bits per heavy atom. The second-order valence-electron chi connectivity index (χ2n) is 2.72. The highest BCUT2D eigenvalue weighted by Crippen LogP contribution is 2.22. The van der Waals surface area contributed by atoms with E-state index in [1.54, 1.807) is 0 Å². The van der Waals surface area contributed by atoms with Gasteiger partial charge in [-0.05, 0) is 17.3 Å². The minimum atomic E-state index is -0.111. The maximum atomic E-state index is 10.8. The molecule has 66 valence electrons. The highest BCUT2D eigenvalue weighted by atomic mass is 32.9. The molecule has 1 aromatic heterocycles. The summed E-state index contributed by atoms with van der Waals surface area (Å²) in [5.41, 5.74) is 2.24. The average Bonchev–Trinajstić information content (AvgIpc) is 2.53. The fourth-order valence-corrected chi connectivity index (χ4v) is 2.66. The van der Waals surface area contributed by atoms with Crippen molar-refractivity contribution < 1.29 is 0 Å². The van der Waals surface area contributed by atoms with Gasteiger partial charge in [-0.25, -0.2) is 0 Å². The second-order valence-corrected chi connectivity index (χ2v) is 4.78. The molecule has 0 atom stereocenters. The number of hydrogen-bond acceptors (Lipinski definition) is 4. The predicted molar refractivity (Wildman–Crippen MR) is 56.4 cm³/mol. The molecule has 0 saturated heterocycles. The molecular formula is C9H7NOS2. The molecule has 1 heterocycles. The Labute approximate surface area is 82.9 Å². The van der Waals surface area contributed by atoms with Crippen molar-refractivity contribution in [2.45, 2.75) is 6.92 Å². The molecule has 0 radical (unpaired) electrons. The predicted octanol–water partition coefficient (Wildman–Crippen LogP) is 2.54. The summed E-state index contributed by atoms with van der Waals surface area (Å²) in [5.74, 6) is 0. The highest BCUT2D eigenvalue weighted by molar-refractivity contribution is 7.69. The van der Waals surface area contributed by atoms with Crippen LogP contribution >= 0.6 is 20.7 Å². The van der Waals surface area contributed by atoms with Gasteiger partial charge in [0.15, 0.2) is 0 Å². The van der Waals surface area contributed by atoms with Crippen LogP contribution in [0.2, 0.25) is 0 Å². The molecule has 2 nitrogen and oxygen atoms in total. The first-order valence-corrected chi connectivity index (χ1v) is 5.95. The van der Waals surface area contributed by atoms with Gasteiger partial charge < -0.3 is 0 Å². The van der Waals surface area contributed by atoms with E-state index in [0.717, 1.165) is 10.6 Å². The Morgan fingerprint density at radius 2 is 1.85 bits per heavy atom. The summed E-state index contributed by atoms with van der Waals surface area (Å²) in [6.45, 7) is 2.04. The van der Waals surface area contributed by atoms with Crippen molar-refractivity contribution in [1.82, 2.24) is 4.98 Å². The summed E-state index contributed by atoms with van der Waals surface area (Å²) in [6.07, 6.45) is 0. The SMILES string of the molecule is Cc1ccc(-c2nc(=O)ss2)cc1. The molecule has 4 heteroatoms. The van der Waals surface area contributed by atoms with Gasteiger partial charge in [0.2, 0.25) is 0 Å². The lowest BCUT2D eigenvalue weighted by Crippen LogP contribution is -1.92. The largest absolute Gasteiger partial charge is 0.337 e. The molecule has 0 aliphatic rings. The van der Waals surface area contributed by atoms with E-state index in [2.05, 4.69) is 4.98 Å². The van der Waals surface area contributed by atoms with Gasteiger partial charge in [0.25, 0.3) is 0 Å². The van der Waals surface area contributed by atoms with Crippen LogP contribution in [-0.4, -0.2) is 4.98 Å². The maximum Gasteiger partial charge on any atom is 0.337 e. The lowest BCUT2D eigenvalue weighted by Gasteiger charge is -1.94. The summed E-state index contributed by atoms with van der Waals surface area (Å²) in [4.78, 5) is 14.6. The molecule has 0 aliphatic carbocycles. The fraction of sp³-hybridized carbons (Fsp3) is 0.111. The van der Waals surface area contributed by atoms with Crippen molar-refractivity contribution in [3.8, 4) is 10.6 Å². The number of aromatic nitrogens is 1. The molecule has 0 aliphatic heterocycles. The molecular weight excluding hydrogens is 202 g/mol. The Balaban J connectivity index is 2.47. The molecule has 0 N–H and O–H groups in total. The van der Waals surface area contributed by atoms with Crippen molar-refractivity contribution in [2.24, 2.45) is 0 Å². The first-order valence-electron chi connectivity index (χ1n) is 3.80. The van der Waals surface area contributed by atoms with Crippen molar-refractivity contribution in [2.75, 3.05) is 0 Å². The molecule has 0 amide bonds. The van der Waals surface area contributed by atoms with Gasteiger partial charge in [-0.2, -0.15) is 4.98 Å². The van der Waals surface area contributed by atoms with Crippen LogP contribution in [0, 0.1) is 6.92 Å². The first-order chi connectivity index (χ1) is 6.25. The molecule has 0 bridgehead atoms. The van der Waals surface area contributed by atoms with Crippen LogP contribution in [0.1, 0.15) is 5.56 Å². The zero-order valence-electron chi connectivity index (χ0n) is 6.98. The van der Waals surface area contributed by atoms with Crippen LogP contribution in [0.25, 0.3) is 10.6 Å². The minimum absolute atomic E-state index is 0.111. The van der Waals surface area contributed by atoms with Crippen LogP contribution < -0.4 is 4.87 Å². The van der Waals surface area contributed by atoms with E-state index < -0.39 is 0 Å². The third-order valence-corrected chi connectivity index (χ3v) is 3.64. The number of aryl methyl sites for hydroxylation is 1. The molecule has 13 heavy (non-hydrogen) atoms. The lowest BCUT2D eigenvalue weighted by atomic mass is 10.2. The smallest absolute Gasteiger partial charge is 0.254 e. The molecule has 0 saturated carbocycles. The first kappa shape index (κ1) is 8.59. The van der Waals surface area contributed by atoms with Crippen LogP contribution in [0.4, 0.5) is 0 Å². The van der Waals surface area contributed by atoms with Crippen molar-refractivity contribution in [1.29, 1.82) is 0 Å². The Bertz CT molecular complexity index is 455. The van der Waals surface area contributed by atoms with Gasteiger partial charge in [0.05, 0.1) is 0 Å². The van der Waals surface area contributed by atoms with Crippen molar-refractivity contribution in [3.05, 3.63) is 39.5 Å². The zero-order chi connectivity index (χ0) is 9.26. The van der Waals surface area contributed by atoms with Gasteiger partial charge in [0.1, 0.15) is 5.01 Å². The monoisotopic (exact) mass is 209 g/mol. The number of hydrogen-bond donors (Lipinski definition) is 0. The summed E-state index contributed by atoms with van der Waals surface area (Å²) < 4.78 is 0. The Hall–Kier alpha value is -1.00. The summed E-state index contributed by atoms with van der Waals surface area (Å²) in [7, 11) is 2.60. The summed E-state index contributed by atoms with van der Waals surface area (Å²) in [5, 5.41) is 0.815. The van der Waals surface area contributed by atoms with E-state index in [1.165, 1.54) is 26.2 Å². The number of rotatable bonds is 1. The summed E-state index contributed by atoms with van der Waals surface area (Å²) in [6, 6.07) is 8.01. The van der Waals surface area contributed by atoms with Gasteiger partial charge in [0, 0.05) is 5.56 Å². The molecule has 1 aromatic carbocycles. The maximum absolute atomic E-state index is 10.8. The van der Waals surface area contributed by atoms with Crippen LogP contribution in [0.3, 0.4) is 0 Å². The molecule has 0 spiro atoms. The van der Waals surface area contributed by atoms with Gasteiger partial charge in [-0.1, -0.05) is 40.2 Å². The zero-order valence-corrected chi connectivity index (χ0v) is 8.61. The molecule has 0 fully saturated rings. The minimum Gasteiger partial charge on any atom is -0.254 e. The normalized spacial score (nSPS) is 10.2. The molecule has 2 rings (SSSR count). The quantitative estimate of drug-likeness (QED) is 0.675. The van der Waals surface area contributed by atoms with Crippen molar-refractivity contribution >= 4 is 20.7 Å². The standard InChI is InChI=1S/C9H7NOS2/c1-6-2-4-7(5-3-6)8-10-9(11)13-12-8/h2-5H,1H3. The van der Waals surface area contributed by atoms with Crippen LogP contribution in [0.15, 0.2) is 29.1 Å². The number of nitrogens with zero attached hydrogens (tertiary/aromatic N) is 1. The van der Waals surface area contributed by atoms with E-state index in [0.29, 0.717) is 0 Å². The fourth-order valence-electron chi connectivity index (χ4n) is 1.00. The number of benzene rings is 1. The Morgan fingerprint density at radius 1 is 1.15 bits per heavy atom. The van der Waals surface area contributed by atoms with Gasteiger partial charge in [-0.15, -0.1) is 0 Å². The third-order valence-electron chi connectivity index (χ3n) is 1.68. The van der Waals surface area contributed by atoms with Gasteiger partial charge >= 0.3 is 4.87 Å². The van der Waals surface area contributed by atoms with Crippen molar-refractivity contribution in [3.63, 3.8) is 0 Å². The van der Waals surface area contributed by atoms with E-state index in [1.807, 2.05) is 31.2 Å². The summed E-state index contributed by atoms with van der Waals surface area (Å²) >= 11 is 0. The topological polar surface area (TPSA) is 30.0 Å². The van der Waals surface area contributed by atoms with E-state index in [4.69, 9.17) is 0 Å². The van der Waals surface area contributed by atoms with E-state index in [9.17, 15) is 4.79 Å². The average molecular weight is 209 g/mol. The van der Waals surface area contributed by atoms with E-state index in [-0.39, 0.29) is 4.87 Å². The van der Waals surface area contributed by atoms with Crippen LogP contribution in [0.5, 0.6) is 0 Å². The lowest BCUT2D eigenvalue weighted by molar-refractivity contribution is 1.35. The Kier molecular flexibility index (Phi) is 2.24. The van der Waals surface area contributed by atoms with Crippen LogP contribution in [-0.2, 0) is 0 Å². The molecule has 2 aromatic rings. The second kappa shape index (κ2) is 3.40. The van der Waals surface area contributed by atoms with Gasteiger partial charge in [-0.3, -0.25) is 4.79 Å². The molecule has 0 unspecified atom stereocenters.